The number of rotatable bonds is 0. The maximum atomic E-state index is 11.1. The Labute approximate surface area is 76.4 Å². The maximum Gasteiger partial charge on any atom is 0.253 e. The van der Waals surface area contributed by atoms with E-state index in [4.69, 9.17) is 0 Å². The van der Waals surface area contributed by atoms with Gasteiger partial charge in [-0.15, -0.1) is 0 Å². The molecule has 2 rings (SSSR count). The molecular formula is C10H11NO2. The van der Waals surface area contributed by atoms with Crippen molar-refractivity contribution in [2.45, 2.75) is 19.4 Å². The van der Waals surface area contributed by atoms with Crippen LogP contribution in [-0.4, -0.2) is 17.1 Å². The fourth-order valence-corrected chi connectivity index (χ4v) is 1.53. The van der Waals surface area contributed by atoms with E-state index in [1.54, 1.807) is 0 Å². The summed E-state index contributed by atoms with van der Waals surface area (Å²) in [7, 11) is 0. The van der Waals surface area contributed by atoms with Gasteiger partial charge in [0.25, 0.3) is 5.91 Å². The van der Waals surface area contributed by atoms with Crippen molar-refractivity contribution in [2.24, 2.45) is 0 Å². The van der Waals surface area contributed by atoms with E-state index >= 15 is 0 Å². The minimum atomic E-state index is -0.894. The van der Waals surface area contributed by atoms with Crippen LogP contribution in [0.4, 0.5) is 5.69 Å². The number of aliphatic hydroxyl groups is 1. The van der Waals surface area contributed by atoms with E-state index in [0.29, 0.717) is 6.42 Å². The molecule has 68 valence electrons. The third kappa shape index (κ3) is 1.42. The molecule has 0 bridgehead atoms. The van der Waals surface area contributed by atoms with Gasteiger partial charge in [-0.05, 0) is 18.6 Å². The van der Waals surface area contributed by atoms with E-state index in [9.17, 15) is 9.90 Å². The Morgan fingerprint density at radius 3 is 3.08 bits per heavy atom. The summed E-state index contributed by atoms with van der Waals surface area (Å²) in [6, 6.07) is 5.79. The molecule has 1 amide bonds. The smallest absolute Gasteiger partial charge is 0.253 e. The first-order valence-electron chi connectivity index (χ1n) is 4.25. The largest absolute Gasteiger partial charge is 0.383 e. The minimum absolute atomic E-state index is 0.309. The molecule has 1 heterocycles. The molecular weight excluding hydrogens is 166 g/mol. The number of carbonyl (C=O) groups is 1. The van der Waals surface area contributed by atoms with Crippen LogP contribution in [0.1, 0.15) is 11.1 Å². The normalized spacial score (nSPS) is 20.8. The van der Waals surface area contributed by atoms with E-state index in [2.05, 4.69) is 5.32 Å². The second-order valence-electron chi connectivity index (χ2n) is 3.37. The Morgan fingerprint density at radius 2 is 2.31 bits per heavy atom. The van der Waals surface area contributed by atoms with Crippen molar-refractivity contribution in [3.63, 3.8) is 0 Å². The summed E-state index contributed by atoms with van der Waals surface area (Å²) in [4.78, 5) is 11.1. The molecule has 1 atom stereocenters. The van der Waals surface area contributed by atoms with Gasteiger partial charge in [0, 0.05) is 12.1 Å². The van der Waals surface area contributed by atoms with Crippen LogP contribution in [0.25, 0.3) is 0 Å². The molecule has 0 radical (unpaired) electrons. The zero-order valence-corrected chi connectivity index (χ0v) is 7.37. The Morgan fingerprint density at radius 1 is 1.54 bits per heavy atom. The number of carbonyl (C=O) groups excluding carboxylic acids is 1. The van der Waals surface area contributed by atoms with Gasteiger partial charge < -0.3 is 10.4 Å². The van der Waals surface area contributed by atoms with E-state index in [1.165, 1.54) is 0 Å². The second kappa shape index (κ2) is 2.85. The van der Waals surface area contributed by atoms with Crippen LogP contribution in [0, 0.1) is 6.92 Å². The molecule has 0 aliphatic carbocycles. The van der Waals surface area contributed by atoms with E-state index in [-0.39, 0.29) is 5.91 Å². The molecule has 1 aromatic carbocycles. The van der Waals surface area contributed by atoms with Crippen LogP contribution in [0.15, 0.2) is 18.2 Å². The van der Waals surface area contributed by atoms with Crippen LogP contribution in [0.5, 0.6) is 0 Å². The Hall–Kier alpha value is -1.35. The fraction of sp³-hybridized carbons (Fsp3) is 0.300. The third-order valence-corrected chi connectivity index (χ3v) is 2.23. The van der Waals surface area contributed by atoms with Crippen LogP contribution in [0.3, 0.4) is 0 Å². The number of hydrogen-bond donors (Lipinski definition) is 2. The highest BCUT2D eigenvalue weighted by atomic mass is 16.3. The number of aryl methyl sites for hydroxylation is 1. The Balaban J connectivity index is 2.42. The fourth-order valence-electron chi connectivity index (χ4n) is 1.53. The lowest BCUT2D eigenvalue weighted by Gasteiger charge is -2.21. The van der Waals surface area contributed by atoms with Crippen molar-refractivity contribution < 1.29 is 9.90 Å². The van der Waals surface area contributed by atoms with Gasteiger partial charge in [0.05, 0.1) is 0 Å². The number of amides is 1. The molecule has 1 aliphatic rings. The molecule has 0 fully saturated rings. The lowest BCUT2D eigenvalue weighted by Crippen LogP contribution is -2.34. The highest BCUT2D eigenvalue weighted by molar-refractivity contribution is 5.97. The van der Waals surface area contributed by atoms with Gasteiger partial charge in [0.2, 0.25) is 0 Å². The van der Waals surface area contributed by atoms with Crippen molar-refractivity contribution in [1.29, 1.82) is 0 Å². The van der Waals surface area contributed by atoms with E-state index in [1.807, 2.05) is 25.1 Å². The summed E-state index contributed by atoms with van der Waals surface area (Å²) in [5, 5.41) is 12.0. The van der Waals surface area contributed by atoms with Gasteiger partial charge in [-0.25, -0.2) is 0 Å². The zero-order chi connectivity index (χ0) is 9.42. The van der Waals surface area contributed by atoms with Gasteiger partial charge in [-0.3, -0.25) is 4.79 Å². The number of fused-ring (bicyclic) bond motifs is 1. The molecule has 1 unspecified atom stereocenters. The van der Waals surface area contributed by atoms with Crippen molar-refractivity contribution in [2.75, 3.05) is 5.32 Å². The monoisotopic (exact) mass is 177 g/mol. The first-order valence-corrected chi connectivity index (χ1v) is 4.25. The molecule has 0 saturated heterocycles. The predicted molar refractivity (Wildman–Crippen MR) is 49.5 cm³/mol. The molecule has 3 heteroatoms. The summed E-state index contributed by atoms with van der Waals surface area (Å²) >= 11 is 0. The summed E-state index contributed by atoms with van der Waals surface area (Å²) < 4.78 is 0. The first kappa shape index (κ1) is 8.26. The lowest BCUT2D eigenvalue weighted by atomic mass is 9.99. The van der Waals surface area contributed by atoms with Crippen LogP contribution < -0.4 is 5.32 Å². The van der Waals surface area contributed by atoms with Gasteiger partial charge in [0.15, 0.2) is 0 Å². The van der Waals surface area contributed by atoms with Gasteiger partial charge in [-0.2, -0.15) is 0 Å². The number of anilines is 1. The van der Waals surface area contributed by atoms with E-state index < -0.39 is 6.10 Å². The van der Waals surface area contributed by atoms with Crippen molar-refractivity contribution in [1.82, 2.24) is 0 Å². The first-order chi connectivity index (χ1) is 6.16. The zero-order valence-electron chi connectivity index (χ0n) is 7.37. The van der Waals surface area contributed by atoms with Crippen molar-refractivity contribution in [3.05, 3.63) is 29.3 Å². The Bertz CT molecular complexity index is 360. The van der Waals surface area contributed by atoms with E-state index in [0.717, 1.165) is 16.8 Å². The lowest BCUT2D eigenvalue weighted by molar-refractivity contribution is -0.124. The SMILES string of the molecule is Cc1ccc2c(c1)CC(O)C(=O)N2. The highest BCUT2D eigenvalue weighted by Gasteiger charge is 2.23. The Kier molecular flexibility index (Phi) is 1.81. The molecule has 0 spiro atoms. The minimum Gasteiger partial charge on any atom is -0.383 e. The summed E-state index contributed by atoms with van der Waals surface area (Å²) in [6.07, 6.45) is -0.475. The van der Waals surface area contributed by atoms with Crippen LogP contribution >= 0.6 is 0 Å². The summed E-state index contributed by atoms with van der Waals surface area (Å²) in [5.41, 5.74) is 2.97. The molecule has 0 saturated carbocycles. The second-order valence-corrected chi connectivity index (χ2v) is 3.37. The van der Waals surface area contributed by atoms with Crippen molar-refractivity contribution in [3.8, 4) is 0 Å². The average Bonchev–Trinajstić information content (AvgIpc) is 2.08. The number of nitrogens with one attached hydrogen (secondary N) is 1. The van der Waals surface area contributed by atoms with Gasteiger partial charge in [0.1, 0.15) is 6.10 Å². The molecule has 13 heavy (non-hydrogen) atoms. The standard InChI is InChI=1S/C10H11NO2/c1-6-2-3-8-7(4-6)5-9(12)10(13)11-8/h2-4,9,12H,5H2,1H3,(H,11,13). The average molecular weight is 177 g/mol. The highest BCUT2D eigenvalue weighted by Crippen LogP contribution is 2.23. The molecule has 3 nitrogen and oxygen atoms in total. The third-order valence-electron chi connectivity index (χ3n) is 2.23. The predicted octanol–water partition coefficient (Wildman–Crippen LogP) is 0.851. The van der Waals surface area contributed by atoms with Crippen LogP contribution in [0.2, 0.25) is 0 Å². The number of benzene rings is 1. The molecule has 2 N–H and O–H groups in total. The topological polar surface area (TPSA) is 49.3 Å². The molecule has 0 aromatic heterocycles. The quantitative estimate of drug-likeness (QED) is 0.617. The van der Waals surface area contributed by atoms with Gasteiger partial charge >= 0.3 is 0 Å². The molecule has 1 aliphatic heterocycles. The summed E-state index contributed by atoms with van der Waals surface area (Å²) in [6.45, 7) is 1.99. The number of hydrogen-bond acceptors (Lipinski definition) is 2. The summed E-state index contributed by atoms with van der Waals surface area (Å²) in [5.74, 6) is -0.309. The van der Waals surface area contributed by atoms with Crippen LogP contribution in [-0.2, 0) is 11.2 Å². The van der Waals surface area contributed by atoms with Gasteiger partial charge in [-0.1, -0.05) is 17.7 Å². The number of aliphatic hydroxyl groups excluding tert-OH is 1. The molecule has 1 aromatic rings. The maximum absolute atomic E-state index is 11.1. The van der Waals surface area contributed by atoms with Crippen molar-refractivity contribution >= 4 is 11.6 Å².